The molecule has 0 saturated carbocycles. The molecule has 6 nitrogen and oxygen atoms in total. The highest BCUT2D eigenvalue weighted by molar-refractivity contribution is 5.51. The molecule has 0 spiro atoms. The summed E-state index contributed by atoms with van der Waals surface area (Å²) in [6, 6.07) is 0.943. The van der Waals surface area contributed by atoms with E-state index in [1.165, 1.54) is 11.7 Å². The Hall–Kier alpha value is -1.90. The molecule has 0 bridgehead atoms. The molecule has 9 heteroatoms. The van der Waals surface area contributed by atoms with E-state index in [-0.39, 0.29) is 12.3 Å². The van der Waals surface area contributed by atoms with Crippen LogP contribution in [0.4, 0.5) is 13.2 Å². The van der Waals surface area contributed by atoms with Crippen LogP contribution in [0.5, 0.6) is 0 Å². The number of hydrogen-bond donors (Lipinski definition) is 1. The van der Waals surface area contributed by atoms with Crippen molar-refractivity contribution in [2.24, 2.45) is 7.05 Å². The van der Waals surface area contributed by atoms with Gasteiger partial charge in [-0.25, -0.2) is 9.67 Å². The normalized spacial score (nSPS) is 12.1. The summed E-state index contributed by atoms with van der Waals surface area (Å²) >= 11 is 0. The van der Waals surface area contributed by atoms with Crippen LogP contribution in [-0.2, 0) is 19.8 Å². The van der Waals surface area contributed by atoms with Gasteiger partial charge in [0.25, 0.3) is 0 Å². The Balaban J connectivity index is 2.43. The number of rotatable bonds is 4. The van der Waals surface area contributed by atoms with E-state index in [9.17, 15) is 13.2 Å². The van der Waals surface area contributed by atoms with Crippen LogP contribution in [0.15, 0.2) is 6.07 Å². The van der Waals surface area contributed by atoms with Crippen molar-refractivity contribution in [3.05, 3.63) is 17.6 Å². The molecule has 0 radical (unpaired) electrons. The first-order valence-corrected chi connectivity index (χ1v) is 5.97. The number of aryl methyl sites for hydroxylation is 3. The molecule has 0 fully saturated rings. The van der Waals surface area contributed by atoms with Gasteiger partial charge in [-0.05, 0) is 19.4 Å². The maximum Gasteiger partial charge on any atom is 0.435 e. The molecule has 0 aliphatic rings. The number of aliphatic hydroxyl groups excluding tert-OH is 1. The smallest absolute Gasteiger partial charge is 0.396 e. The third-order valence-corrected chi connectivity index (χ3v) is 2.71. The largest absolute Gasteiger partial charge is 0.435 e. The Kier molecular flexibility index (Phi) is 3.80. The average Bonchev–Trinajstić information content (AvgIpc) is 2.89. The maximum atomic E-state index is 12.7. The zero-order chi connectivity index (χ0) is 14.9. The highest BCUT2D eigenvalue weighted by Gasteiger charge is 2.35. The monoisotopic (exact) mass is 289 g/mol. The van der Waals surface area contributed by atoms with Gasteiger partial charge < -0.3 is 5.11 Å². The van der Waals surface area contributed by atoms with Gasteiger partial charge in [-0.1, -0.05) is 0 Å². The number of aromatic nitrogens is 5. The molecule has 2 aromatic heterocycles. The highest BCUT2D eigenvalue weighted by Crippen LogP contribution is 2.30. The molecule has 0 aromatic carbocycles. The number of aliphatic hydroxyl groups is 1. The first kappa shape index (κ1) is 14.5. The zero-order valence-corrected chi connectivity index (χ0v) is 11.0. The molecule has 0 saturated heterocycles. The van der Waals surface area contributed by atoms with Crippen LogP contribution in [0.1, 0.15) is 17.9 Å². The van der Waals surface area contributed by atoms with Crippen molar-refractivity contribution >= 4 is 0 Å². The highest BCUT2D eigenvalue weighted by atomic mass is 19.4. The van der Waals surface area contributed by atoms with E-state index in [4.69, 9.17) is 5.11 Å². The molecule has 110 valence electrons. The topological polar surface area (TPSA) is 68.8 Å². The lowest BCUT2D eigenvalue weighted by Crippen LogP contribution is -2.07. The minimum Gasteiger partial charge on any atom is -0.396 e. The van der Waals surface area contributed by atoms with Crippen LogP contribution in [0, 0.1) is 6.92 Å². The molecular weight excluding hydrogens is 275 g/mol. The second-order valence-electron chi connectivity index (χ2n) is 4.32. The van der Waals surface area contributed by atoms with Gasteiger partial charge in [0.05, 0.1) is 0 Å². The van der Waals surface area contributed by atoms with E-state index in [0.29, 0.717) is 24.6 Å². The predicted molar refractivity (Wildman–Crippen MR) is 63.7 cm³/mol. The van der Waals surface area contributed by atoms with Gasteiger partial charge in [0.1, 0.15) is 11.5 Å². The zero-order valence-electron chi connectivity index (χ0n) is 11.0. The Morgan fingerprint density at radius 2 is 2.00 bits per heavy atom. The molecular formula is C11H14F3N5O. The lowest BCUT2D eigenvalue weighted by atomic mass is 10.3. The first-order chi connectivity index (χ1) is 9.32. The third kappa shape index (κ3) is 2.82. The summed E-state index contributed by atoms with van der Waals surface area (Å²) in [4.78, 5) is 4.13. The van der Waals surface area contributed by atoms with Gasteiger partial charge in [0.2, 0.25) is 0 Å². The summed E-state index contributed by atoms with van der Waals surface area (Å²) in [6.07, 6.45) is -4.05. The molecule has 0 unspecified atom stereocenters. The van der Waals surface area contributed by atoms with Crippen molar-refractivity contribution in [2.75, 3.05) is 6.61 Å². The number of alkyl halides is 3. The Morgan fingerprint density at radius 3 is 2.55 bits per heavy atom. The van der Waals surface area contributed by atoms with Gasteiger partial charge in [0, 0.05) is 20.2 Å². The number of halogens is 3. The van der Waals surface area contributed by atoms with Crippen molar-refractivity contribution in [1.82, 2.24) is 24.5 Å². The molecule has 0 aliphatic heterocycles. The van der Waals surface area contributed by atoms with Crippen LogP contribution in [0.2, 0.25) is 0 Å². The lowest BCUT2D eigenvalue weighted by molar-refractivity contribution is -0.141. The SMILES string of the molecule is Cc1nc(-c2cc(C(F)(F)F)nn2C)n(CCCO)n1. The minimum absolute atomic E-state index is 0.0302. The fourth-order valence-electron chi connectivity index (χ4n) is 1.84. The van der Waals surface area contributed by atoms with Crippen LogP contribution < -0.4 is 0 Å². The standard InChI is InChI=1S/C11H14F3N5O/c1-7-15-10(19(16-7)4-3-5-20)8-6-9(11(12,13)14)17-18(8)2/h6,20H,3-5H2,1-2H3. The van der Waals surface area contributed by atoms with Crippen LogP contribution >= 0.6 is 0 Å². The van der Waals surface area contributed by atoms with Gasteiger partial charge in [-0.15, -0.1) is 0 Å². The summed E-state index contributed by atoms with van der Waals surface area (Å²) in [6.45, 7) is 2.00. The fourth-order valence-corrected chi connectivity index (χ4v) is 1.84. The maximum absolute atomic E-state index is 12.7. The summed E-state index contributed by atoms with van der Waals surface area (Å²) in [7, 11) is 1.42. The number of nitrogens with zero attached hydrogens (tertiary/aromatic N) is 5. The molecule has 2 heterocycles. The second kappa shape index (κ2) is 5.23. The van der Waals surface area contributed by atoms with Crippen LogP contribution in [0.3, 0.4) is 0 Å². The Morgan fingerprint density at radius 1 is 1.30 bits per heavy atom. The Bertz CT molecular complexity index is 602. The number of hydrogen-bond acceptors (Lipinski definition) is 4. The van der Waals surface area contributed by atoms with Gasteiger partial charge in [0.15, 0.2) is 11.5 Å². The fraction of sp³-hybridized carbons (Fsp3) is 0.545. The molecule has 0 atom stereocenters. The van der Waals surface area contributed by atoms with E-state index < -0.39 is 11.9 Å². The summed E-state index contributed by atoms with van der Waals surface area (Å²) in [5, 5.41) is 16.4. The summed E-state index contributed by atoms with van der Waals surface area (Å²) < 4.78 is 40.6. The first-order valence-electron chi connectivity index (χ1n) is 5.97. The van der Waals surface area contributed by atoms with Crippen molar-refractivity contribution in [1.29, 1.82) is 0 Å². The van der Waals surface area contributed by atoms with E-state index in [0.717, 1.165) is 10.7 Å². The quantitative estimate of drug-likeness (QED) is 0.923. The predicted octanol–water partition coefficient (Wildman–Crippen LogP) is 1.39. The van der Waals surface area contributed by atoms with Crippen LogP contribution in [-0.4, -0.2) is 36.3 Å². The molecule has 2 aromatic rings. The molecule has 2 rings (SSSR count). The lowest BCUT2D eigenvalue weighted by Gasteiger charge is -2.04. The molecule has 0 aliphatic carbocycles. The van der Waals surface area contributed by atoms with Crippen molar-refractivity contribution in [3.63, 3.8) is 0 Å². The van der Waals surface area contributed by atoms with Gasteiger partial charge >= 0.3 is 6.18 Å². The van der Waals surface area contributed by atoms with Gasteiger partial charge in [-0.2, -0.15) is 23.4 Å². The Labute approximate surface area is 112 Å². The second-order valence-corrected chi connectivity index (χ2v) is 4.32. The van der Waals surface area contributed by atoms with E-state index >= 15 is 0 Å². The van der Waals surface area contributed by atoms with Crippen molar-refractivity contribution in [3.8, 4) is 11.5 Å². The summed E-state index contributed by atoms with van der Waals surface area (Å²) in [5.74, 6) is 0.758. The van der Waals surface area contributed by atoms with Crippen molar-refractivity contribution < 1.29 is 18.3 Å². The molecule has 1 N–H and O–H groups in total. The van der Waals surface area contributed by atoms with Gasteiger partial charge in [-0.3, -0.25) is 4.68 Å². The molecule has 20 heavy (non-hydrogen) atoms. The summed E-state index contributed by atoms with van der Waals surface area (Å²) in [5.41, 5.74) is -0.736. The van der Waals surface area contributed by atoms with Crippen LogP contribution in [0.25, 0.3) is 11.5 Å². The average molecular weight is 289 g/mol. The van der Waals surface area contributed by atoms with E-state index in [2.05, 4.69) is 15.2 Å². The third-order valence-electron chi connectivity index (χ3n) is 2.71. The van der Waals surface area contributed by atoms with E-state index in [1.54, 1.807) is 6.92 Å². The molecule has 0 amide bonds. The van der Waals surface area contributed by atoms with Crippen molar-refractivity contribution in [2.45, 2.75) is 26.1 Å². The minimum atomic E-state index is -4.50. The van der Waals surface area contributed by atoms with E-state index in [1.807, 2.05) is 0 Å².